The van der Waals surface area contributed by atoms with Gasteiger partial charge in [-0.25, -0.2) is 4.39 Å². The minimum Gasteiger partial charge on any atom is -0.330 e. The van der Waals surface area contributed by atoms with Crippen molar-refractivity contribution in [2.24, 2.45) is 5.73 Å². The summed E-state index contributed by atoms with van der Waals surface area (Å²) in [7, 11) is 0. The highest BCUT2D eigenvalue weighted by atomic mass is 19.1. The molecule has 0 amide bonds. The smallest absolute Gasteiger partial charge is 0.151 e. The van der Waals surface area contributed by atoms with Gasteiger partial charge in [-0.05, 0) is 18.2 Å². The van der Waals surface area contributed by atoms with Crippen molar-refractivity contribution >= 4 is 6.29 Å². The molecule has 0 fully saturated rings. The first kappa shape index (κ1) is 10.4. The summed E-state index contributed by atoms with van der Waals surface area (Å²) in [6.45, 7) is 0.457. The molecule has 0 radical (unpaired) electrons. The van der Waals surface area contributed by atoms with Crippen molar-refractivity contribution in [3.8, 4) is 11.8 Å². The fraction of sp³-hybridized carbons (Fsp3) is 0.182. The number of rotatable bonds is 2. The molecule has 0 saturated heterocycles. The highest BCUT2D eigenvalue weighted by Gasteiger charge is 1.99. The molecule has 0 aromatic heterocycles. The van der Waals surface area contributed by atoms with Gasteiger partial charge in [-0.3, -0.25) is 4.79 Å². The van der Waals surface area contributed by atoms with Crippen molar-refractivity contribution in [2.45, 2.75) is 6.42 Å². The highest BCUT2D eigenvalue weighted by Crippen LogP contribution is 2.07. The largest absolute Gasteiger partial charge is 0.330 e. The predicted molar refractivity (Wildman–Crippen MR) is 52.3 cm³/mol. The van der Waals surface area contributed by atoms with Crippen LogP contribution in [0, 0.1) is 17.7 Å². The molecule has 0 saturated carbocycles. The summed E-state index contributed by atoms with van der Waals surface area (Å²) in [6, 6.07) is 3.89. The van der Waals surface area contributed by atoms with E-state index in [9.17, 15) is 9.18 Å². The van der Waals surface area contributed by atoms with Crippen LogP contribution in [0.5, 0.6) is 0 Å². The summed E-state index contributed by atoms with van der Waals surface area (Å²) in [5.74, 6) is 5.06. The van der Waals surface area contributed by atoms with Gasteiger partial charge in [0.05, 0.1) is 0 Å². The maximum atomic E-state index is 12.8. The average Bonchev–Trinajstić information content (AvgIpc) is 2.19. The van der Waals surface area contributed by atoms with Gasteiger partial charge in [0.25, 0.3) is 0 Å². The summed E-state index contributed by atoms with van der Waals surface area (Å²) >= 11 is 0. The van der Waals surface area contributed by atoms with E-state index in [0.717, 1.165) is 0 Å². The standard InChI is InChI=1S/C11H10FNO/c12-11-5-4-10(8-14)9(7-11)3-1-2-6-13/h4-5,7-8H,2,6,13H2. The minimum atomic E-state index is -0.396. The number of benzene rings is 1. The van der Waals surface area contributed by atoms with Crippen LogP contribution in [0.1, 0.15) is 22.3 Å². The Kier molecular flexibility index (Phi) is 3.84. The first-order valence-electron chi connectivity index (χ1n) is 4.21. The van der Waals surface area contributed by atoms with Gasteiger partial charge in [0.15, 0.2) is 6.29 Å². The van der Waals surface area contributed by atoms with E-state index in [-0.39, 0.29) is 0 Å². The fourth-order valence-electron chi connectivity index (χ4n) is 0.969. The fourth-order valence-corrected chi connectivity index (χ4v) is 0.969. The Labute approximate surface area is 81.9 Å². The van der Waals surface area contributed by atoms with Crippen molar-refractivity contribution in [1.82, 2.24) is 0 Å². The van der Waals surface area contributed by atoms with Crippen LogP contribution in [-0.2, 0) is 0 Å². The van der Waals surface area contributed by atoms with Gasteiger partial charge in [0, 0.05) is 24.1 Å². The van der Waals surface area contributed by atoms with Crippen molar-refractivity contribution in [3.05, 3.63) is 35.1 Å². The maximum absolute atomic E-state index is 12.8. The second-order valence-corrected chi connectivity index (χ2v) is 2.69. The SMILES string of the molecule is NCCC#Cc1cc(F)ccc1C=O. The lowest BCUT2D eigenvalue weighted by Crippen LogP contribution is -1.95. The molecule has 0 aliphatic carbocycles. The van der Waals surface area contributed by atoms with Gasteiger partial charge in [-0.15, -0.1) is 0 Å². The van der Waals surface area contributed by atoms with E-state index in [1.54, 1.807) is 0 Å². The van der Waals surface area contributed by atoms with Crippen molar-refractivity contribution in [1.29, 1.82) is 0 Å². The van der Waals surface area contributed by atoms with Gasteiger partial charge >= 0.3 is 0 Å². The van der Waals surface area contributed by atoms with E-state index in [2.05, 4.69) is 11.8 Å². The summed E-state index contributed by atoms with van der Waals surface area (Å²) < 4.78 is 12.8. The number of aldehydes is 1. The summed E-state index contributed by atoms with van der Waals surface area (Å²) in [6.07, 6.45) is 1.20. The monoisotopic (exact) mass is 191 g/mol. The van der Waals surface area contributed by atoms with E-state index < -0.39 is 5.82 Å². The van der Waals surface area contributed by atoms with Gasteiger partial charge in [0.2, 0.25) is 0 Å². The number of hydrogen-bond donors (Lipinski definition) is 1. The van der Waals surface area contributed by atoms with Crippen LogP contribution >= 0.6 is 0 Å². The van der Waals surface area contributed by atoms with Gasteiger partial charge in [-0.1, -0.05) is 11.8 Å². The quantitative estimate of drug-likeness (QED) is 0.566. The third-order valence-electron chi connectivity index (χ3n) is 1.63. The van der Waals surface area contributed by atoms with Crippen LogP contribution in [-0.4, -0.2) is 12.8 Å². The predicted octanol–water partition coefficient (Wildman–Crippen LogP) is 1.34. The van der Waals surface area contributed by atoms with Crippen molar-refractivity contribution < 1.29 is 9.18 Å². The van der Waals surface area contributed by atoms with Crippen LogP contribution < -0.4 is 5.73 Å². The Balaban J connectivity index is 3.00. The maximum Gasteiger partial charge on any atom is 0.151 e. The van der Waals surface area contributed by atoms with Gasteiger partial charge < -0.3 is 5.73 Å². The normalized spacial score (nSPS) is 9.00. The molecule has 14 heavy (non-hydrogen) atoms. The van der Waals surface area contributed by atoms with Crippen LogP contribution in [0.3, 0.4) is 0 Å². The lowest BCUT2D eigenvalue weighted by molar-refractivity contribution is 0.112. The molecule has 0 spiro atoms. The van der Waals surface area contributed by atoms with E-state index >= 15 is 0 Å². The Morgan fingerprint density at radius 2 is 2.29 bits per heavy atom. The van der Waals surface area contributed by atoms with E-state index in [1.165, 1.54) is 18.2 Å². The van der Waals surface area contributed by atoms with E-state index in [4.69, 9.17) is 5.73 Å². The number of hydrogen-bond acceptors (Lipinski definition) is 2. The second-order valence-electron chi connectivity index (χ2n) is 2.69. The number of halogens is 1. The molecule has 0 heterocycles. The molecule has 1 aromatic carbocycles. The summed E-state index contributed by atoms with van der Waals surface area (Å²) in [5.41, 5.74) is 6.06. The summed E-state index contributed by atoms with van der Waals surface area (Å²) in [5, 5.41) is 0. The highest BCUT2D eigenvalue weighted by molar-refractivity contribution is 5.79. The molecular weight excluding hydrogens is 181 g/mol. The van der Waals surface area contributed by atoms with Crippen LogP contribution in [0.2, 0.25) is 0 Å². The average molecular weight is 191 g/mol. The molecular formula is C11H10FNO. The number of carbonyl (C=O) groups excluding carboxylic acids is 1. The lowest BCUT2D eigenvalue weighted by Gasteiger charge is -1.95. The summed E-state index contributed by atoms with van der Waals surface area (Å²) in [4.78, 5) is 10.6. The zero-order chi connectivity index (χ0) is 10.4. The van der Waals surface area contributed by atoms with Crippen LogP contribution in [0.25, 0.3) is 0 Å². The Hall–Kier alpha value is -1.66. The second kappa shape index (κ2) is 5.15. The molecule has 1 aromatic rings. The lowest BCUT2D eigenvalue weighted by atomic mass is 10.1. The van der Waals surface area contributed by atoms with Crippen molar-refractivity contribution in [3.63, 3.8) is 0 Å². The molecule has 0 aliphatic rings. The minimum absolute atomic E-state index is 0.396. The topological polar surface area (TPSA) is 43.1 Å². The molecule has 0 bridgehead atoms. The zero-order valence-electron chi connectivity index (χ0n) is 7.59. The molecule has 3 heteroatoms. The molecule has 0 unspecified atom stereocenters. The molecule has 0 aliphatic heterocycles. The first-order chi connectivity index (χ1) is 6.77. The van der Waals surface area contributed by atoms with Gasteiger partial charge in [0.1, 0.15) is 5.82 Å². The van der Waals surface area contributed by atoms with Crippen LogP contribution in [0.4, 0.5) is 4.39 Å². The Bertz CT molecular complexity index is 390. The first-order valence-corrected chi connectivity index (χ1v) is 4.21. The van der Waals surface area contributed by atoms with Gasteiger partial charge in [-0.2, -0.15) is 0 Å². The Morgan fingerprint density at radius 3 is 2.93 bits per heavy atom. The number of nitrogens with two attached hydrogens (primary N) is 1. The molecule has 1 rings (SSSR count). The molecule has 2 nitrogen and oxygen atoms in total. The van der Waals surface area contributed by atoms with E-state index in [1.807, 2.05) is 0 Å². The zero-order valence-corrected chi connectivity index (χ0v) is 7.59. The molecule has 0 atom stereocenters. The van der Waals surface area contributed by atoms with Crippen molar-refractivity contribution in [2.75, 3.05) is 6.54 Å². The third kappa shape index (κ3) is 2.68. The van der Waals surface area contributed by atoms with Crippen LogP contribution in [0.15, 0.2) is 18.2 Å². The molecule has 2 N–H and O–H groups in total. The number of carbonyl (C=O) groups is 1. The Morgan fingerprint density at radius 1 is 1.50 bits per heavy atom. The third-order valence-corrected chi connectivity index (χ3v) is 1.63. The van der Waals surface area contributed by atoms with E-state index in [0.29, 0.717) is 30.4 Å². The molecule has 72 valence electrons.